The average Bonchev–Trinajstić information content (AvgIpc) is 2.29. The van der Waals surface area contributed by atoms with Crippen molar-refractivity contribution in [1.82, 2.24) is 9.97 Å². The number of aryl methyl sites for hydroxylation is 1. The quantitative estimate of drug-likeness (QED) is 0.780. The van der Waals surface area contributed by atoms with E-state index in [0.29, 0.717) is 11.3 Å². The van der Waals surface area contributed by atoms with Crippen LogP contribution >= 0.6 is 0 Å². The van der Waals surface area contributed by atoms with Crippen LogP contribution in [0.1, 0.15) is 11.1 Å². The summed E-state index contributed by atoms with van der Waals surface area (Å²) < 4.78 is 0. The van der Waals surface area contributed by atoms with Gasteiger partial charge < -0.3 is 5.73 Å². The summed E-state index contributed by atoms with van der Waals surface area (Å²) in [5.74, 6) is 0. The van der Waals surface area contributed by atoms with Crippen molar-refractivity contribution in [3.8, 4) is 17.3 Å². The molecule has 0 fully saturated rings. The summed E-state index contributed by atoms with van der Waals surface area (Å²) in [7, 11) is 0. The Labute approximate surface area is 93.4 Å². The SMILES string of the molecule is Cc1cc(N)cnc1-c1cncc(C#N)c1. The van der Waals surface area contributed by atoms with E-state index in [2.05, 4.69) is 16.0 Å². The normalized spacial score (nSPS) is 9.75. The zero-order valence-electron chi connectivity index (χ0n) is 8.81. The molecule has 0 aliphatic heterocycles. The highest BCUT2D eigenvalue weighted by Crippen LogP contribution is 2.21. The monoisotopic (exact) mass is 210 g/mol. The highest BCUT2D eigenvalue weighted by atomic mass is 14.7. The van der Waals surface area contributed by atoms with Gasteiger partial charge in [0.1, 0.15) is 6.07 Å². The Bertz CT molecular complexity index is 569. The highest BCUT2D eigenvalue weighted by molar-refractivity contribution is 5.65. The molecule has 0 saturated heterocycles. The first kappa shape index (κ1) is 10.1. The third-order valence-corrected chi connectivity index (χ3v) is 2.24. The van der Waals surface area contributed by atoms with Crippen molar-refractivity contribution in [2.75, 3.05) is 5.73 Å². The fourth-order valence-corrected chi connectivity index (χ4v) is 1.53. The fraction of sp³-hybridized carbons (Fsp3) is 0.0833. The first-order valence-electron chi connectivity index (χ1n) is 4.78. The Morgan fingerprint density at radius 2 is 2.06 bits per heavy atom. The third-order valence-electron chi connectivity index (χ3n) is 2.24. The van der Waals surface area contributed by atoms with Crippen molar-refractivity contribution in [3.63, 3.8) is 0 Å². The lowest BCUT2D eigenvalue weighted by molar-refractivity contribution is 1.24. The summed E-state index contributed by atoms with van der Waals surface area (Å²) in [6, 6.07) is 5.66. The molecule has 0 radical (unpaired) electrons. The van der Waals surface area contributed by atoms with Gasteiger partial charge in [-0.25, -0.2) is 0 Å². The maximum atomic E-state index is 8.79. The van der Waals surface area contributed by atoms with Gasteiger partial charge in [0.25, 0.3) is 0 Å². The van der Waals surface area contributed by atoms with E-state index in [1.807, 2.05) is 13.0 Å². The number of anilines is 1. The summed E-state index contributed by atoms with van der Waals surface area (Å²) in [6.07, 6.45) is 4.81. The number of rotatable bonds is 1. The second-order valence-electron chi connectivity index (χ2n) is 3.51. The van der Waals surface area contributed by atoms with Gasteiger partial charge in [0.05, 0.1) is 23.1 Å². The van der Waals surface area contributed by atoms with Crippen LogP contribution in [0.15, 0.2) is 30.7 Å². The molecule has 2 aromatic heterocycles. The molecule has 0 aliphatic carbocycles. The van der Waals surface area contributed by atoms with Crippen molar-refractivity contribution >= 4 is 5.69 Å². The molecular formula is C12H10N4. The number of nitrogens with zero attached hydrogens (tertiary/aromatic N) is 3. The van der Waals surface area contributed by atoms with E-state index < -0.39 is 0 Å². The summed E-state index contributed by atoms with van der Waals surface area (Å²) in [4.78, 5) is 8.25. The number of hydrogen-bond acceptors (Lipinski definition) is 4. The largest absolute Gasteiger partial charge is 0.397 e. The van der Waals surface area contributed by atoms with Gasteiger partial charge in [0, 0.05) is 18.0 Å². The van der Waals surface area contributed by atoms with Gasteiger partial charge in [-0.2, -0.15) is 5.26 Å². The number of nitriles is 1. The number of nitrogens with two attached hydrogens (primary N) is 1. The molecule has 2 rings (SSSR count). The minimum absolute atomic E-state index is 0.524. The molecule has 16 heavy (non-hydrogen) atoms. The zero-order chi connectivity index (χ0) is 11.5. The summed E-state index contributed by atoms with van der Waals surface area (Å²) in [5.41, 5.74) is 9.39. The van der Waals surface area contributed by atoms with E-state index in [4.69, 9.17) is 11.0 Å². The Hall–Kier alpha value is -2.41. The lowest BCUT2D eigenvalue weighted by Crippen LogP contribution is -1.93. The molecule has 4 heteroatoms. The van der Waals surface area contributed by atoms with Gasteiger partial charge in [0.15, 0.2) is 0 Å². The van der Waals surface area contributed by atoms with E-state index in [9.17, 15) is 0 Å². The van der Waals surface area contributed by atoms with Gasteiger partial charge >= 0.3 is 0 Å². The zero-order valence-corrected chi connectivity index (χ0v) is 8.81. The van der Waals surface area contributed by atoms with Crippen LogP contribution in [0.2, 0.25) is 0 Å². The van der Waals surface area contributed by atoms with Gasteiger partial charge in [0.2, 0.25) is 0 Å². The van der Waals surface area contributed by atoms with Crippen molar-refractivity contribution in [2.45, 2.75) is 6.92 Å². The van der Waals surface area contributed by atoms with Gasteiger partial charge in [-0.05, 0) is 24.6 Å². The predicted molar refractivity (Wildman–Crippen MR) is 61.3 cm³/mol. The minimum Gasteiger partial charge on any atom is -0.397 e. The van der Waals surface area contributed by atoms with Crippen LogP contribution in [0, 0.1) is 18.3 Å². The molecule has 4 nitrogen and oxygen atoms in total. The molecule has 0 saturated carbocycles. The molecule has 2 N–H and O–H groups in total. The molecule has 0 atom stereocenters. The minimum atomic E-state index is 0.524. The molecule has 0 aliphatic rings. The van der Waals surface area contributed by atoms with E-state index in [1.54, 1.807) is 18.5 Å². The van der Waals surface area contributed by atoms with Gasteiger partial charge in [-0.3, -0.25) is 9.97 Å². The van der Waals surface area contributed by atoms with Crippen LogP contribution < -0.4 is 5.73 Å². The predicted octanol–water partition coefficient (Wildman–Crippen LogP) is 1.91. The first-order chi connectivity index (χ1) is 7.70. The smallest absolute Gasteiger partial charge is 0.101 e. The van der Waals surface area contributed by atoms with Crippen LogP contribution in [0.3, 0.4) is 0 Å². The van der Waals surface area contributed by atoms with Crippen molar-refractivity contribution in [1.29, 1.82) is 5.26 Å². The second-order valence-corrected chi connectivity index (χ2v) is 3.51. The van der Waals surface area contributed by atoms with Crippen LogP contribution in [0.4, 0.5) is 5.69 Å². The van der Waals surface area contributed by atoms with E-state index in [1.165, 1.54) is 6.20 Å². The second kappa shape index (κ2) is 3.99. The molecule has 0 bridgehead atoms. The van der Waals surface area contributed by atoms with Crippen LogP contribution in [0.5, 0.6) is 0 Å². The maximum absolute atomic E-state index is 8.79. The average molecular weight is 210 g/mol. The van der Waals surface area contributed by atoms with Gasteiger partial charge in [-0.15, -0.1) is 0 Å². The first-order valence-corrected chi connectivity index (χ1v) is 4.78. The molecule has 0 amide bonds. The molecule has 2 heterocycles. The molecule has 78 valence electrons. The van der Waals surface area contributed by atoms with Crippen molar-refractivity contribution in [2.24, 2.45) is 0 Å². The fourth-order valence-electron chi connectivity index (χ4n) is 1.53. The van der Waals surface area contributed by atoms with Crippen LogP contribution in [0.25, 0.3) is 11.3 Å². The molecular weight excluding hydrogens is 200 g/mol. The molecule has 2 aromatic rings. The third kappa shape index (κ3) is 1.84. The Morgan fingerprint density at radius 3 is 2.75 bits per heavy atom. The number of aromatic nitrogens is 2. The highest BCUT2D eigenvalue weighted by Gasteiger charge is 2.05. The number of nitrogen functional groups attached to an aromatic ring is 1. The summed E-state index contributed by atoms with van der Waals surface area (Å²) in [6.45, 7) is 1.93. The van der Waals surface area contributed by atoms with Gasteiger partial charge in [-0.1, -0.05) is 0 Å². The lowest BCUT2D eigenvalue weighted by atomic mass is 10.1. The van der Waals surface area contributed by atoms with E-state index >= 15 is 0 Å². The van der Waals surface area contributed by atoms with Crippen LogP contribution in [-0.2, 0) is 0 Å². The van der Waals surface area contributed by atoms with Crippen LogP contribution in [-0.4, -0.2) is 9.97 Å². The molecule has 0 unspecified atom stereocenters. The Kier molecular flexibility index (Phi) is 2.52. The Balaban J connectivity index is 2.55. The molecule has 0 spiro atoms. The maximum Gasteiger partial charge on any atom is 0.101 e. The summed E-state index contributed by atoms with van der Waals surface area (Å²) in [5, 5.41) is 8.79. The van der Waals surface area contributed by atoms with Crippen molar-refractivity contribution < 1.29 is 0 Å². The van der Waals surface area contributed by atoms with E-state index in [0.717, 1.165) is 16.8 Å². The standard InChI is InChI=1S/C12H10N4/c1-8-2-11(14)7-16-12(8)10-3-9(4-13)5-15-6-10/h2-3,5-7H,14H2,1H3. The number of pyridine rings is 2. The summed E-state index contributed by atoms with van der Waals surface area (Å²) >= 11 is 0. The number of hydrogen-bond donors (Lipinski definition) is 1. The lowest BCUT2D eigenvalue weighted by Gasteiger charge is -2.05. The topological polar surface area (TPSA) is 75.6 Å². The van der Waals surface area contributed by atoms with Crippen molar-refractivity contribution in [3.05, 3.63) is 41.9 Å². The van der Waals surface area contributed by atoms with E-state index in [-0.39, 0.29) is 0 Å². The molecule has 0 aromatic carbocycles. The Morgan fingerprint density at radius 1 is 1.25 bits per heavy atom.